The number of nitriles is 1. The Labute approximate surface area is 56.2 Å². The number of nitrogens with zero attached hydrogens (tertiary/aromatic N) is 2. The molecule has 0 saturated heterocycles. The Morgan fingerprint density at radius 1 is 1.89 bits per heavy atom. The molecule has 0 saturated carbocycles. The quantitative estimate of drug-likeness (QED) is 0.584. The Morgan fingerprint density at radius 2 is 2.67 bits per heavy atom. The van der Waals surface area contributed by atoms with Crippen LogP contribution in [0.15, 0.2) is 11.6 Å². The van der Waals surface area contributed by atoms with Crippen LogP contribution in [0.4, 0.5) is 0 Å². The lowest BCUT2D eigenvalue weighted by atomic mass is 10.4. The standard InChI is InChI=1S/C5H4N2OS/c6-3-4(8)5-7-1-2-9-5/h1-2,4,8H. The molecule has 0 fully saturated rings. The normalized spacial score (nSPS) is 12.4. The van der Waals surface area contributed by atoms with Gasteiger partial charge in [0.2, 0.25) is 0 Å². The first-order chi connectivity index (χ1) is 4.34. The monoisotopic (exact) mass is 140 g/mol. The molecule has 9 heavy (non-hydrogen) atoms. The summed E-state index contributed by atoms with van der Waals surface area (Å²) >= 11 is 1.27. The summed E-state index contributed by atoms with van der Waals surface area (Å²) in [6.45, 7) is 0. The number of thiazole rings is 1. The van der Waals surface area contributed by atoms with Crippen LogP contribution in [0.2, 0.25) is 0 Å². The Bertz CT molecular complexity index is 213. The third-order valence-electron chi connectivity index (χ3n) is 0.808. The molecule has 0 amide bonds. The highest BCUT2D eigenvalue weighted by molar-refractivity contribution is 7.09. The number of aromatic nitrogens is 1. The molecule has 1 N–H and O–H groups in total. The first kappa shape index (κ1) is 6.20. The molecule has 0 aliphatic heterocycles. The Kier molecular flexibility index (Phi) is 1.78. The van der Waals surface area contributed by atoms with Gasteiger partial charge in [0.05, 0.1) is 0 Å². The van der Waals surface area contributed by atoms with Crippen LogP contribution in [0.5, 0.6) is 0 Å². The average Bonchev–Trinajstić information content (AvgIpc) is 2.37. The van der Waals surface area contributed by atoms with E-state index < -0.39 is 6.10 Å². The van der Waals surface area contributed by atoms with E-state index in [0.29, 0.717) is 5.01 Å². The van der Waals surface area contributed by atoms with Gasteiger partial charge in [0.25, 0.3) is 0 Å². The van der Waals surface area contributed by atoms with Gasteiger partial charge in [-0.2, -0.15) is 5.26 Å². The minimum atomic E-state index is -1.05. The van der Waals surface area contributed by atoms with Gasteiger partial charge in [-0.05, 0) is 0 Å². The fraction of sp³-hybridized carbons (Fsp3) is 0.200. The number of rotatable bonds is 1. The van der Waals surface area contributed by atoms with Crippen molar-refractivity contribution < 1.29 is 5.11 Å². The molecule has 0 aromatic carbocycles. The van der Waals surface area contributed by atoms with Crippen molar-refractivity contribution in [3.05, 3.63) is 16.6 Å². The summed E-state index contributed by atoms with van der Waals surface area (Å²) < 4.78 is 0. The summed E-state index contributed by atoms with van der Waals surface area (Å²) in [6, 6.07) is 1.67. The molecule has 0 radical (unpaired) electrons. The summed E-state index contributed by atoms with van der Waals surface area (Å²) in [5.74, 6) is 0. The highest BCUT2D eigenvalue weighted by Gasteiger charge is 2.05. The van der Waals surface area contributed by atoms with Crippen LogP contribution in [0.25, 0.3) is 0 Å². The third-order valence-corrected chi connectivity index (χ3v) is 1.64. The van der Waals surface area contributed by atoms with E-state index in [2.05, 4.69) is 4.98 Å². The number of aliphatic hydroxyl groups excluding tert-OH is 1. The van der Waals surface area contributed by atoms with Gasteiger partial charge in [-0.3, -0.25) is 0 Å². The average molecular weight is 140 g/mol. The molecule has 46 valence electrons. The zero-order valence-corrected chi connectivity index (χ0v) is 5.30. The number of hydrogen-bond donors (Lipinski definition) is 1. The van der Waals surface area contributed by atoms with E-state index in [1.165, 1.54) is 11.3 Å². The molecule has 1 heterocycles. The van der Waals surface area contributed by atoms with Crippen LogP contribution in [-0.4, -0.2) is 10.1 Å². The van der Waals surface area contributed by atoms with E-state index in [1.807, 2.05) is 0 Å². The fourth-order valence-electron chi connectivity index (χ4n) is 0.425. The van der Waals surface area contributed by atoms with Crippen LogP contribution in [0.3, 0.4) is 0 Å². The molecule has 1 aromatic heterocycles. The second-order valence-electron chi connectivity index (χ2n) is 1.40. The maximum absolute atomic E-state index is 8.80. The lowest BCUT2D eigenvalue weighted by Gasteiger charge is -1.90. The third kappa shape index (κ3) is 1.25. The van der Waals surface area contributed by atoms with E-state index in [9.17, 15) is 0 Å². The molecule has 1 unspecified atom stereocenters. The van der Waals surface area contributed by atoms with Crippen LogP contribution < -0.4 is 0 Å². The molecule has 1 atom stereocenters. The van der Waals surface area contributed by atoms with Crippen molar-refractivity contribution in [1.29, 1.82) is 5.26 Å². The van der Waals surface area contributed by atoms with Crippen molar-refractivity contribution >= 4 is 11.3 Å². The fourth-order valence-corrected chi connectivity index (χ4v) is 0.989. The van der Waals surface area contributed by atoms with E-state index in [-0.39, 0.29) is 0 Å². The van der Waals surface area contributed by atoms with E-state index in [1.54, 1.807) is 17.6 Å². The zero-order chi connectivity index (χ0) is 6.69. The van der Waals surface area contributed by atoms with Gasteiger partial charge < -0.3 is 5.11 Å². The van der Waals surface area contributed by atoms with Gasteiger partial charge in [0, 0.05) is 11.6 Å². The molecule has 0 spiro atoms. The summed E-state index contributed by atoms with van der Waals surface area (Å²) in [5, 5.41) is 19.2. The molecular weight excluding hydrogens is 136 g/mol. The second-order valence-corrected chi connectivity index (χ2v) is 2.33. The van der Waals surface area contributed by atoms with Gasteiger partial charge in [-0.15, -0.1) is 11.3 Å². The smallest absolute Gasteiger partial charge is 0.192 e. The van der Waals surface area contributed by atoms with Crippen LogP contribution in [0, 0.1) is 11.3 Å². The van der Waals surface area contributed by atoms with Gasteiger partial charge in [-0.1, -0.05) is 0 Å². The zero-order valence-electron chi connectivity index (χ0n) is 4.48. The minimum absolute atomic E-state index is 0.456. The van der Waals surface area contributed by atoms with Crippen LogP contribution in [0.1, 0.15) is 11.1 Å². The molecular formula is C5H4N2OS. The van der Waals surface area contributed by atoms with Crippen LogP contribution in [-0.2, 0) is 0 Å². The first-order valence-corrected chi connectivity index (χ1v) is 3.19. The Balaban J connectivity index is 2.80. The van der Waals surface area contributed by atoms with Gasteiger partial charge in [-0.25, -0.2) is 4.98 Å². The summed E-state index contributed by atoms with van der Waals surface area (Å²) in [4.78, 5) is 3.73. The summed E-state index contributed by atoms with van der Waals surface area (Å²) in [5.41, 5.74) is 0. The molecule has 1 aromatic rings. The number of aliphatic hydroxyl groups is 1. The van der Waals surface area contributed by atoms with Gasteiger partial charge in [0.15, 0.2) is 6.10 Å². The van der Waals surface area contributed by atoms with Crippen molar-refractivity contribution in [3.8, 4) is 6.07 Å². The highest BCUT2D eigenvalue weighted by atomic mass is 32.1. The van der Waals surface area contributed by atoms with Crippen molar-refractivity contribution in [3.63, 3.8) is 0 Å². The van der Waals surface area contributed by atoms with E-state index in [4.69, 9.17) is 10.4 Å². The molecule has 0 aliphatic rings. The van der Waals surface area contributed by atoms with Crippen molar-refractivity contribution in [2.24, 2.45) is 0 Å². The highest BCUT2D eigenvalue weighted by Crippen LogP contribution is 2.13. The predicted molar refractivity (Wildman–Crippen MR) is 32.7 cm³/mol. The lowest BCUT2D eigenvalue weighted by molar-refractivity contribution is 0.235. The largest absolute Gasteiger partial charge is 0.372 e. The summed E-state index contributed by atoms with van der Waals surface area (Å²) in [7, 11) is 0. The predicted octanol–water partition coefficient (Wildman–Crippen LogP) is 0.700. The van der Waals surface area contributed by atoms with Crippen molar-refractivity contribution in [2.45, 2.75) is 6.10 Å². The van der Waals surface area contributed by atoms with Gasteiger partial charge >= 0.3 is 0 Å². The van der Waals surface area contributed by atoms with E-state index in [0.717, 1.165) is 0 Å². The second kappa shape index (κ2) is 2.58. The molecule has 0 bridgehead atoms. The summed E-state index contributed by atoms with van der Waals surface area (Å²) in [6.07, 6.45) is 0.505. The van der Waals surface area contributed by atoms with E-state index >= 15 is 0 Å². The molecule has 3 nitrogen and oxygen atoms in total. The molecule has 4 heteroatoms. The van der Waals surface area contributed by atoms with Gasteiger partial charge in [0.1, 0.15) is 11.1 Å². The topological polar surface area (TPSA) is 56.9 Å². The maximum Gasteiger partial charge on any atom is 0.192 e. The maximum atomic E-state index is 8.80. The van der Waals surface area contributed by atoms with Crippen LogP contribution >= 0.6 is 11.3 Å². The number of hydrogen-bond acceptors (Lipinski definition) is 4. The SMILES string of the molecule is N#CC(O)c1nccs1. The Morgan fingerprint density at radius 3 is 3.11 bits per heavy atom. The molecule has 0 aliphatic carbocycles. The minimum Gasteiger partial charge on any atom is -0.372 e. The van der Waals surface area contributed by atoms with Crippen molar-refractivity contribution in [2.75, 3.05) is 0 Å². The van der Waals surface area contributed by atoms with Crippen molar-refractivity contribution in [1.82, 2.24) is 4.98 Å². The first-order valence-electron chi connectivity index (χ1n) is 2.31. The Hall–Kier alpha value is -0.920. The molecule has 1 rings (SSSR count). The lowest BCUT2D eigenvalue weighted by Crippen LogP contribution is -1.89.